The molecule has 0 fully saturated rings. The van der Waals surface area contributed by atoms with Gasteiger partial charge in [0.15, 0.2) is 0 Å². The monoisotopic (exact) mass is 207 g/mol. The number of nitrogens with zero attached hydrogens (tertiary/aromatic N) is 1. The van der Waals surface area contributed by atoms with Gasteiger partial charge in [0.2, 0.25) is 0 Å². The molecule has 1 heterocycles. The summed E-state index contributed by atoms with van der Waals surface area (Å²) in [7, 11) is 0. The Morgan fingerprint density at radius 3 is 2.79 bits per heavy atom. The Balaban J connectivity index is 2.77. The SMILES string of the molecule is NCc1cc(Cl)c2ccc(N)nc2c1. The van der Waals surface area contributed by atoms with Crippen molar-refractivity contribution < 1.29 is 0 Å². The van der Waals surface area contributed by atoms with E-state index in [-0.39, 0.29) is 0 Å². The van der Waals surface area contributed by atoms with Crippen LogP contribution in [0.5, 0.6) is 0 Å². The van der Waals surface area contributed by atoms with E-state index in [0.717, 1.165) is 16.5 Å². The fraction of sp³-hybridized carbons (Fsp3) is 0.100. The number of benzene rings is 1. The van der Waals surface area contributed by atoms with Crippen LogP contribution in [-0.2, 0) is 6.54 Å². The molecule has 72 valence electrons. The Bertz CT molecular complexity index is 482. The van der Waals surface area contributed by atoms with Gasteiger partial charge in [0.25, 0.3) is 0 Å². The highest BCUT2D eigenvalue weighted by Gasteiger charge is 2.02. The van der Waals surface area contributed by atoms with Crippen molar-refractivity contribution in [3.05, 3.63) is 34.9 Å². The molecule has 0 aliphatic carbocycles. The lowest BCUT2D eigenvalue weighted by Gasteiger charge is -2.04. The average Bonchev–Trinajstić information content (AvgIpc) is 2.16. The van der Waals surface area contributed by atoms with Gasteiger partial charge in [-0.1, -0.05) is 11.6 Å². The highest BCUT2D eigenvalue weighted by Crippen LogP contribution is 2.24. The summed E-state index contributed by atoms with van der Waals surface area (Å²) in [5, 5.41) is 1.56. The average molecular weight is 208 g/mol. The number of anilines is 1. The predicted molar refractivity (Wildman–Crippen MR) is 59.1 cm³/mol. The number of halogens is 1. The molecule has 0 bridgehead atoms. The lowest BCUT2D eigenvalue weighted by Crippen LogP contribution is -1.97. The summed E-state index contributed by atoms with van der Waals surface area (Å²) in [6, 6.07) is 7.34. The Labute approximate surface area is 86.7 Å². The van der Waals surface area contributed by atoms with Crippen LogP contribution in [0.25, 0.3) is 10.9 Å². The van der Waals surface area contributed by atoms with E-state index in [9.17, 15) is 0 Å². The topological polar surface area (TPSA) is 64.9 Å². The van der Waals surface area contributed by atoms with Crippen molar-refractivity contribution >= 4 is 28.3 Å². The van der Waals surface area contributed by atoms with Gasteiger partial charge >= 0.3 is 0 Å². The zero-order valence-corrected chi connectivity index (χ0v) is 8.25. The Morgan fingerprint density at radius 2 is 2.07 bits per heavy atom. The fourth-order valence-corrected chi connectivity index (χ4v) is 1.68. The van der Waals surface area contributed by atoms with Gasteiger partial charge in [0.05, 0.1) is 10.5 Å². The van der Waals surface area contributed by atoms with Gasteiger partial charge in [0.1, 0.15) is 5.82 Å². The van der Waals surface area contributed by atoms with Crippen LogP contribution in [0.1, 0.15) is 5.56 Å². The van der Waals surface area contributed by atoms with Gasteiger partial charge in [-0.15, -0.1) is 0 Å². The minimum absolute atomic E-state index is 0.451. The van der Waals surface area contributed by atoms with E-state index < -0.39 is 0 Å². The van der Waals surface area contributed by atoms with Crippen molar-refractivity contribution in [2.45, 2.75) is 6.54 Å². The summed E-state index contributed by atoms with van der Waals surface area (Å²) in [6.07, 6.45) is 0. The lowest BCUT2D eigenvalue weighted by molar-refractivity contribution is 1.07. The molecule has 0 radical (unpaired) electrons. The first kappa shape index (κ1) is 9.24. The number of aromatic nitrogens is 1. The van der Waals surface area contributed by atoms with Crippen LogP contribution in [0.3, 0.4) is 0 Å². The van der Waals surface area contributed by atoms with Crippen LogP contribution >= 0.6 is 11.6 Å². The summed E-state index contributed by atoms with van der Waals surface area (Å²) in [5.74, 6) is 0.489. The molecule has 0 spiro atoms. The molecule has 0 aliphatic heterocycles. The summed E-state index contributed by atoms with van der Waals surface area (Å²) in [6.45, 7) is 0.451. The molecule has 0 atom stereocenters. The second-order valence-corrected chi connectivity index (χ2v) is 3.49. The Hall–Kier alpha value is -1.32. The summed E-state index contributed by atoms with van der Waals surface area (Å²) in [4.78, 5) is 4.18. The number of nitrogens with two attached hydrogens (primary N) is 2. The van der Waals surface area contributed by atoms with Crippen molar-refractivity contribution in [1.29, 1.82) is 0 Å². The molecule has 0 amide bonds. The maximum absolute atomic E-state index is 6.06. The minimum Gasteiger partial charge on any atom is -0.384 e. The van der Waals surface area contributed by atoms with E-state index in [4.69, 9.17) is 23.1 Å². The van der Waals surface area contributed by atoms with E-state index in [0.29, 0.717) is 17.4 Å². The first-order valence-corrected chi connectivity index (χ1v) is 4.63. The van der Waals surface area contributed by atoms with Crippen molar-refractivity contribution in [3.8, 4) is 0 Å². The highest BCUT2D eigenvalue weighted by atomic mass is 35.5. The number of hydrogen-bond acceptors (Lipinski definition) is 3. The minimum atomic E-state index is 0.451. The molecule has 14 heavy (non-hydrogen) atoms. The van der Waals surface area contributed by atoms with Crippen molar-refractivity contribution in [1.82, 2.24) is 4.98 Å². The third-order valence-corrected chi connectivity index (χ3v) is 2.39. The summed E-state index contributed by atoms with van der Waals surface area (Å²) in [5.41, 5.74) is 12.9. The van der Waals surface area contributed by atoms with Gasteiger partial charge in [-0.2, -0.15) is 0 Å². The number of nitrogen functional groups attached to an aromatic ring is 1. The second kappa shape index (κ2) is 3.44. The van der Waals surface area contributed by atoms with Gasteiger partial charge in [0, 0.05) is 11.9 Å². The standard InChI is InChI=1S/C10H10ClN3/c11-8-3-6(5-12)4-9-7(8)1-2-10(13)14-9/h1-4H,5,12H2,(H2,13,14). The van der Waals surface area contributed by atoms with E-state index in [2.05, 4.69) is 4.98 Å². The molecule has 0 saturated carbocycles. The molecule has 3 nitrogen and oxygen atoms in total. The van der Waals surface area contributed by atoms with E-state index in [1.807, 2.05) is 18.2 Å². The Morgan fingerprint density at radius 1 is 1.29 bits per heavy atom. The zero-order valence-electron chi connectivity index (χ0n) is 7.50. The summed E-state index contributed by atoms with van der Waals surface area (Å²) < 4.78 is 0. The molecule has 0 saturated heterocycles. The molecule has 2 aromatic rings. The van der Waals surface area contributed by atoms with E-state index in [1.165, 1.54) is 0 Å². The number of hydrogen-bond donors (Lipinski definition) is 2. The zero-order chi connectivity index (χ0) is 10.1. The fourth-order valence-electron chi connectivity index (χ4n) is 1.38. The normalized spacial score (nSPS) is 10.7. The van der Waals surface area contributed by atoms with Gasteiger partial charge < -0.3 is 11.5 Å². The smallest absolute Gasteiger partial charge is 0.124 e. The van der Waals surface area contributed by atoms with E-state index >= 15 is 0 Å². The number of pyridine rings is 1. The van der Waals surface area contributed by atoms with Crippen molar-refractivity contribution in [3.63, 3.8) is 0 Å². The first-order chi connectivity index (χ1) is 6.70. The van der Waals surface area contributed by atoms with E-state index in [1.54, 1.807) is 6.07 Å². The van der Waals surface area contributed by atoms with Gasteiger partial charge in [-0.05, 0) is 29.8 Å². The van der Waals surface area contributed by atoms with Crippen LogP contribution in [0.15, 0.2) is 24.3 Å². The highest BCUT2D eigenvalue weighted by molar-refractivity contribution is 6.35. The van der Waals surface area contributed by atoms with Crippen LogP contribution < -0.4 is 11.5 Å². The van der Waals surface area contributed by atoms with Crippen molar-refractivity contribution in [2.75, 3.05) is 5.73 Å². The number of rotatable bonds is 1. The molecular weight excluding hydrogens is 198 g/mol. The van der Waals surface area contributed by atoms with Gasteiger partial charge in [-0.25, -0.2) is 4.98 Å². The predicted octanol–water partition coefficient (Wildman–Crippen LogP) is 1.93. The molecule has 4 N–H and O–H groups in total. The first-order valence-electron chi connectivity index (χ1n) is 4.25. The summed E-state index contributed by atoms with van der Waals surface area (Å²) >= 11 is 6.06. The molecule has 2 rings (SSSR count). The van der Waals surface area contributed by atoms with Crippen molar-refractivity contribution in [2.24, 2.45) is 5.73 Å². The van der Waals surface area contributed by atoms with Gasteiger partial charge in [-0.3, -0.25) is 0 Å². The number of fused-ring (bicyclic) bond motifs is 1. The Kier molecular flexibility index (Phi) is 2.27. The lowest BCUT2D eigenvalue weighted by atomic mass is 10.1. The maximum Gasteiger partial charge on any atom is 0.124 e. The largest absolute Gasteiger partial charge is 0.384 e. The molecule has 1 aromatic heterocycles. The van der Waals surface area contributed by atoms with Crippen LogP contribution in [-0.4, -0.2) is 4.98 Å². The molecule has 1 aromatic carbocycles. The molecule has 4 heteroatoms. The van der Waals surface area contributed by atoms with Crippen LogP contribution in [0.4, 0.5) is 5.82 Å². The second-order valence-electron chi connectivity index (χ2n) is 3.08. The third-order valence-electron chi connectivity index (χ3n) is 2.07. The third kappa shape index (κ3) is 1.52. The molecule has 0 unspecified atom stereocenters. The maximum atomic E-state index is 6.06. The van der Waals surface area contributed by atoms with Crippen LogP contribution in [0.2, 0.25) is 5.02 Å². The molecule has 0 aliphatic rings. The van der Waals surface area contributed by atoms with Crippen LogP contribution in [0, 0.1) is 0 Å². The molecular formula is C10H10ClN3. The quantitative estimate of drug-likeness (QED) is 0.751.